The first-order valence-corrected chi connectivity index (χ1v) is 11.3. The monoisotopic (exact) mass is 491 g/mol. The number of nitriles is 1. The maximum atomic E-state index is 13.2. The van der Waals surface area contributed by atoms with Gasteiger partial charge in [0.2, 0.25) is 0 Å². The Kier molecular flexibility index (Phi) is 7.01. The summed E-state index contributed by atoms with van der Waals surface area (Å²) in [4.78, 5) is 35.3. The normalized spacial score (nSPS) is 11.4. The molecular formula is C24H18ClN5O3S. The van der Waals surface area contributed by atoms with Gasteiger partial charge in [-0.3, -0.25) is 14.4 Å². The molecule has 8 nitrogen and oxygen atoms in total. The highest BCUT2D eigenvalue weighted by molar-refractivity contribution is 7.22. The van der Waals surface area contributed by atoms with Crippen molar-refractivity contribution in [1.82, 2.24) is 14.1 Å². The Morgan fingerprint density at radius 2 is 2.06 bits per heavy atom. The van der Waals surface area contributed by atoms with Crippen LogP contribution in [0.2, 0.25) is 5.15 Å². The fourth-order valence-electron chi connectivity index (χ4n) is 3.29. The van der Waals surface area contributed by atoms with Crippen molar-refractivity contribution in [1.29, 1.82) is 5.26 Å². The Labute approximate surface area is 203 Å². The lowest BCUT2D eigenvalue weighted by Gasteiger charge is -2.07. The molecule has 0 saturated carbocycles. The first kappa shape index (κ1) is 23.2. The molecule has 0 N–H and O–H groups in total. The van der Waals surface area contributed by atoms with Crippen LogP contribution in [0.25, 0.3) is 26.9 Å². The maximum absolute atomic E-state index is 13.2. The van der Waals surface area contributed by atoms with E-state index in [0.29, 0.717) is 26.4 Å². The molecule has 0 fully saturated rings. The third-order valence-corrected chi connectivity index (χ3v) is 6.39. The molecule has 0 saturated heterocycles. The lowest BCUT2D eigenvalue weighted by Crippen LogP contribution is -2.36. The number of rotatable bonds is 7. The Morgan fingerprint density at radius 1 is 1.26 bits per heavy atom. The smallest absolute Gasteiger partial charge is 0.335 e. The number of hydrogen-bond donors (Lipinski definition) is 0. The molecule has 0 aliphatic carbocycles. The number of aryl methyl sites for hydroxylation is 1. The quantitative estimate of drug-likeness (QED) is 0.281. The Hall–Kier alpha value is -4.00. The number of hydrogen-bond acceptors (Lipinski definition) is 7. The molecule has 34 heavy (non-hydrogen) atoms. The fraction of sp³-hybridized carbons (Fsp3) is 0.125. The number of fused-ring (bicyclic) bond motifs is 1. The molecule has 1 aromatic carbocycles. The van der Waals surface area contributed by atoms with Crippen molar-refractivity contribution >= 4 is 45.6 Å². The number of pyridine rings is 1. The van der Waals surface area contributed by atoms with Crippen molar-refractivity contribution in [3.05, 3.63) is 86.4 Å². The summed E-state index contributed by atoms with van der Waals surface area (Å²) < 4.78 is 7.99. The van der Waals surface area contributed by atoms with Crippen LogP contribution in [-0.4, -0.2) is 27.4 Å². The van der Waals surface area contributed by atoms with E-state index in [9.17, 15) is 9.59 Å². The summed E-state index contributed by atoms with van der Waals surface area (Å²) in [6, 6.07) is 14.9. The van der Waals surface area contributed by atoms with Gasteiger partial charge in [-0.15, -0.1) is 11.3 Å². The van der Waals surface area contributed by atoms with Crippen LogP contribution in [0.5, 0.6) is 5.75 Å². The standard InChI is InChI=1S/C24H18ClN5O3S/c1-33-17-12-18(22(25)28-15-17)20-13-19-21(34-20)23(31)30(24(32)29(19)10-5-8-26)11-9-27-14-16-6-3-2-4-7-16/h2-4,6-7,9,11-15H,5,10H2,1H3/b11-9+,27-14?. The second-order valence-corrected chi connectivity index (χ2v) is 8.45. The van der Waals surface area contributed by atoms with Crippen LogP contribution in [-0.2, 0) is 6.54 Å². The van der Waals surface area contributed by atoms with Gasteiger partial charge in [0, 0.05) is 35.6 Å². The number of nitrogens with zero attached hydrogens (tertiary/aromatic N) is 5. The van der Waals surface area contributed by atoms with Gasteiger partial charge in [-0.25, -0.2) is 14.3 Å². The molecule has 0 bridgehead atoms. The van der Waals surface area contributed by atoms with Crippen LogP contribution in [0, 0.1) is 11.3 Å². The highest BCUT2D eigenvalue weighted by atomic mass is 35.5. The largest absolute Gasteiger partial charge is 0.495 e. The molecule has 10 heteroatoms. The summed E-state index contributed by atoms with van der Waals surface area (Å²) in [6.07, 6.45) is 5.93. The molecular weight excluding hydrogens is 474 g/mol. The van der Waals surface area contributed by atoms with Crippen LogP contribution in [0.4, 0.5) is 0 Å². The molecule has 4 rings (SSSR count). The average molecular weight is 492 g/mol. The third kappa shape index (κ3) is 4.69. The summed E-state index contributed by atoms with van der Waals surface area (Å²) in [5, 5.41) is 9.31. The maximum Gasteiger partial charge on any atom is 0.335 e. The molecule has 0 aliphatic rings. The van der Waals surface area contributed by atoms with Gasteiger partial charge in [-0.2, -0.15) is 5.26 Å². The molecule has 0 spiro atoms. The lowest BCUT2D eigenvalue weighted by atomic mass is 10.2. The van der Waals surface area contributed by atoms with Gasteiger partial charge in [-0.1, -0.05) is 41.9 Å². The Morgan fingerprint density at radius 3 is 2.79 bits per heavy atom. The zero-order valence-corrected chi connectivity index (χ0v) is 19.6. The van der Waals surface area contributed by atoms with E-state index in [1.807, 2.05) is 36.4 Å². The van der Waals surface area contributed by atoms with Crippen molar-refractivity contribution < 1.29 is 4.74 Å². The second kappa shape index (κ2) is 10.3. The third-order valence-electron chi connectivity index (χ3n) is 4.94. The molecule has 0 atom stereocenters. The van der Waals surface area contributed by atoms with Crippen molar-refractivity contribution in [3.63, 3.8) is 0 Å². The predicted molar refractivity (Wildman–Crippen MR) is 135 cm³/mol. The summed E-state index contributed by atoms with van der Waals surface area (Å²) in [6.45, 7) is 0.132. The Balaban J connectivity index is 1.84. The fourth-order valence-corrected chi connectivity index (χ4v) is 4.67. The number of benzene rings is 1. The topological polar surface area (TPSA) is 102 Å². The van der Waals surface area contributed by atoms with E-state index in [1.165, 1.54) is 41.6 Å². The summed E-state index contributed by atoms with van der Waals surface area (Å²) in [5.74, 6) is 0.510. The number of halogens is 1. The van der Waals surface area contributed by atoms with E-state index in [0.717, 1.165) is 10.1 Å². The van der Waals surface area contributed by atoms with E-state index in [1.54, 1.807) is 18.3 Å². The predicted octanol–water partition coefficient (Wildman–Crippen LogP) is 4.41. The summed E-state index contributed by atoms with van der Waals surface area (Å²) in [7, 11) is 1.52. The SMILES string of the molecule is COc1cnc(Cl)c(-c2cc3c(s2)c(=O)n(/C=C/N=Cc2ccccc2)c(=O)n3CCC#N)c1. The van der Waals surface area contributed by atoms with Crippen LogP contribution < -0.4 is 16.0 Å². The first-order valence-electron chi connectivity index (χ1n) is 10.1. The van der Waals surface area contributed by atoms with Gasteiger partial charge in [-0.05, 0) is 17.7 Å². The first-order chi connectivity index (χ1) is 16.5. The minimum absolute atomic E-state index is 0.107. The lowest BCUT2D eigenvalue weighted by molar-refractivity contribution is 0.413. The molecule has 3 aromatic heterocycles. The van der Waals surface area contributed by atoms with Crippen LogP contribution in [0.1, 0.15) is 12.0 Å². The van der Waals surface area contributed by atoms with Gasteiger partial charge >= 0.3 is 5.69 Å². The van der Waals surface area contributed by atoms with Crippen molar-refractivity contribution in [2.45, 2.75) is 13.0 Å². The number of ether oxygens (including phenoxy) is 1. The zero-order chi connectivity index (χ0) is 24.1. The molecule has 170 valence electrons. The minimum Gasteiger partial charge on any atom is -0.495 e. The van der Waals surface area contributed by atoms with Gasteiger partial charge in [0.05, 0.1) is 31.3 Å². The van der Waals surface area contributed by atoms with Crippen LogP contribution >= 0.6 is 22.9 Å². The molecule has 3 heterocycles. The van der Waals surface area contributed by atoms with Crippen molar-refractivity contribution in [2.24, 2.45) is 4.99 Å². The summed E-state index contributed by atoms with van der Waals surface area (Å²) in [5.41, 5.74) is 0.853. The van der Waals surface area contributed by atoms with E-state index in [-0.39, 0.29) is 18.1 Å². The van der Waals surface area contributed by atoms with E-state index in [4.69, 9.17) is 21.6 Å². The molecule has 4 aromatic rings. The average Bonchev–Trinajstić information content (AvgIpc) is 3.30. The van der Waals surface area contributed by atoms with Crippen molar-refractivity contribution in [2.75, 3.05) is 7.11 Å². The van der Waals surface area contributed by atoms with Gasteiger partial charge in [0.15, 0.2) is 0 Å². The zero-order valence-electron chi connectivity index (χ0n) is 18.0. The number of aromatic nitrogens is 3. The highest BCUT2D eigenvalue weighted by Gasteiger charge is 2.18. The van der Waals surface area contributed by atoms with Gasteiger partial charge < -0.3 is 4.74 Å². The molecule has 0 amide bonds. The van der Waals surface area contributed by atoms with Gasteiger partial charge in [0.1, 0.15) is 15.6 Å². The van der Waals surface area contributed by atoms with Crippen LogP contribution in [0.15, 0.2) is 69.4 Å². The second-order valence-electron chi connectivity index (χ2n) is 7.04. The number of methoxy groups -OCH3 is 1. The highest BCUT2D eigenvalue weighted by Crippen LogP contribution is 2.36. The number of aliphatic imine (C=N–C) groups is 1. The van der Waals surface area contributed by atoms with Crippen molar-refractivity contribution in [3.8, 4) is 22.3 Å². The van der Waals surface area contributed by atoms with Gasteiger partial charge in [0.25, 0.3) is 5.56 Å². The van der Waals surface area contributed by atoms with E-state index >= 15 is 0 Å². The van der Waals surface area contributed by atoms with Crippen LogP contribution in [0.3, 0.4) is 0 Å². The summed E-state index contributed by atoms with van der Waals surface area (Å²) >= 11 is 7.48. The molecule has 0 radical (unpaired) electrons. The van der Waals surface area contributed by atoms with E-state index < -0.39 is 11.2 Å². The Bertz CT molecular complexity index is 1560. The minimum atomic E-state index is -0.557. The molecule has 0 unspecified atom stereocenters. The molecule has 0 aliphatic heterocycles. The number of thiophene rings is 1. The van der Waals surface area contributed by atoms with E-state index in [2.05, 4.69) is 9.98 Å².